The number of hydrogen-bond acceptors (Lipinski definition) is 2. The molecular weight excluding hydrogens is 436 g/mol. The molecule has 0 aliphatic heterocycles. The lowest BCUT2D eigenvalue weighted by atomic mass is 9.96. The predicted octanol–water partition coefficient (Wildman–Crippen LogP) is 3.65. The van der Waals surface area contributed by atoms with Gasteiger partial charge in [0.05, 0.1) is 0 Å². The van der Waals surface area contributed by atoms with Crippen LogP contribution in [0.1, 0.15) is 27.0 Å². The second-order valence-electron chi connectivity index (χ2n) is 5.66. The van der Waals surface area contributed by atoms with Crippen molar-refractivity contribution in [3.63, 3.8) is 0 Å². The Morgan fingerprint density at radius 1 is 1.08 bits per heavy atom. The maximum atomic E-state index is 12.5. The van der Waals surface area contributed by atoms with E-state index in [1.807, 2.05) is 38.1 Å². The Kier molecular flexibility index (Phi) is 6.18. The van der Waals surface area contributed by atoms with Gasteiger partial charge in [0.2, 0.25) is 5.91 Å². The van der Waals surface area contributed by atoms with E-state index in [1.165, 1.54) is 0 Å². The maximum Gasteiger partial charge on any atom is 0.252 e. The lowest BCUT2D eigenvalue weighted by molar-refractivity contribution is -0.119. The number of rotatable bonds is 5. The molecule has 4 nitrogen and oxygen atoms in total. The zero-order valence-corrected chi connectivity index (χ0v) is 16.6. The molecule has 2 amide bonds. The van der Waals surface area contributed by atoms with Crippen molar-refractivity contribution in [1.82, 2.24) is 5.32 Å². The number of primary amides is 1. The van der Waals surface area contributed by atoms with Crippen molar-refractivity contribution >= 4 is 43.7 Å². The van der Waals surface area contributed by atoms with Crippen LogP contribution in [0.3, 0.4) is 0 Å². The number of nitrogens with two attached hydrogens (primary N) is 1. The van der Waals surface area contributed by atoms with Gasteiger partial charge in [-0.25, -0.2) is 0 Å². The molecule has 0 saturated carbocycles. The Bertz CT molecular complexity index is 750. The third kappa shape index (κ3) is 4.68. The van der Waals surface area contributed by atoms with E-state index >= 15 is 0 Å². The van der Waals surface area contributed by atoms with Gasteiger partial charge in [-0.15, -0.1) is 0 Å². The van der Waals surface area contributed by atoms with Gasteiger partial charge in [0.1, 0.15) is 6.04 Å². The zero-order valence-electron chi connectivity index (χ0n) is 13.4. The topological polar surface area (TPSA) is 72.2 Å². The minimum absolute atomic E-state index is 0.341. The lowest BCUT2D eigenvalue weighted by Gasteiger charge is -2.18. The molecule has 2 aromatic rings. The van der Waals surface area contributed by atoms with Gasteiger partial charge in [-0.3, -0.25) is 9.59 Å². The van der Waals surface area contributed by atoms with Crippen molar-refractivity contribution in [2.45, 2.75) is 26.3 Å². The van der Waals surface area contributed by atoms with E-state index in [1.54, 1.807) is 12.1 Å². The average molecular weight is 454 g/mol. The van der Waals surface area contributed by atoms with Crippen LogP contribution < -0.4 is 11.1 Å². The van der Waals surface area contributed by atoms with Crippen LogP contribution >= 0.6 is 31.9 Å². The minimum Gasteiger partial charge on any atom is -0.368 e. The summed E-state index contributed by atoms with van der Waals surface area (Å²) in [6.45, 7) is 3.96. The summed E-state index contributed by atoms with van der Waals surface area (Å²) < 4.78 is 1.54. The van der Waals surface area contributed by atoms with Crippen LogP contribution in [0.5, 0.6) is 0 Å². The summed E-state index contributed by atoms with van der Waals surface area (Å²) in [5, 5.41) is 2.73. The summed E-state index contributed by atoms with van der Waals surface area (Å²) in [6.07, 6.45) is 0.370. The molecule has 0 radical (unpaired) electrons. The first-order chi connectivity index (χ1) is 11.3. The van der Waals surface area contributed by atoms with Crippen LogP contribution in [0.2, 0.25) is 0 Å². The molecule has 0 spiro atoms. The SMILES string of the molecule is Cc1cccc(C)c1C[C@@H](NC(=O)c1cc(Br)cc(Br)c1)C(N)=O. The van der Waals surface area contributed by atoms with Gasteiger partial charge in [-0.1, -0.05) is 50.1 Å². The van der Waals surface area contributed by atoms with Crippen molar-refractivity contribution in [2.24, 2.45) is 5.73 Å². The second-order valence-corrected chi connectivity index (χ2v) is 7.49. The van der Waals surface area contributed by atoms with Crippen LogP contribution in [-0.4, -0.2) is 17.9 Å². The number of amides is 2. The van der Waals surface area contributed by atoms with Gasteiger partial charge >= 0.3 is 0 Å². The molecule has 0 aliphatic rings. The monoisotopic (exact) mass is 452 g/mol. The second kappa shape index (κ2) is 7.94. The molecule has 126 valence electrons. The third-order valence-corrected chi connectivity index (χ3v) is 4.74. The molecule has 0 aliphatic carbocycles. The lowest BCUT2D eigenvalue weighted by Crippen LogP contribution is -2.46. The summed E-state index contributed by atoms with van der Waals surface area (Å²) in [6, 6.07) is 10.4. The number of carbonyl (C=O) groups is 2. The molecule has 0 aromatic heterocycles. The molecule has 2 aromatic carbocycles. The standard InChI is InChI=1S/C18H18Br2N2O2/c1-10-4-3-5-11(2)15(10)9-16(17(21)23)22-18(24)12-6-13(19)8-14(20)7-12/h3-8,16H,9H2,1-2H3,(H2,21,23)(H,22,24)/t16-/m1/s1. The molecule has 0 unspecified atom stereocenters. The molecule has 0 saturated heterocycles. The van der Waals surface area contributed by atoms with Gasteiger partial charge in [0.15, 0.2) is 0 Å². The quantitative estimate of drug-likeness (QED) is 0.725. The highest BCUT2D eigenvalue weighted by atomic mass is 79.9. The van der Waals surface area contributed by atoms with E-state index in [-0.39, 0.29) is 5.91 Å². The van der Waals surface area contributed by atoms with E-state index in [0.717, 1.165) is 25.6 Å². The Labute approximate surface area is 158 Å². The Morgan fingerprint density at radius 2 is 1.62 bits per heavy atom. The van der Waals surface area contributed by atoms with Gasteiger partial charge in [0, 0.05) is 20.9 Å². The number of carbonyl (C=O) groups excluding carboxylic acids is 2. The Hall–Kier alpha value is -1.66. The highest BCUT2D eigenvalue weighted by Crippen LogP contribution is 2.20. The first-order valence-corrected chi connectivity index (χ1v) is 8.98. The van der Waals surface area contributed by atoms with Crippen LogP contribution in [-0.2, 0) is 11.2 Å². The van der Waals surface area contributed by atoms with Crippen molar-refractivity contribution in [2.75, 3.05) is 0 Å². The van der Waals surface area contributed by atoms with E-state index in [9.17, 15) is 9.59 Å². The van der Waals surface area contributed by atoms with Crippen molar-refractivity contribution < 1.29 is 9.59 Å². The minimum atomic E-state index is -0.768. The molecule has 0 fully saturated rings. The first kappa shape index (κ1) is 18.7. The fourth-order valence-electron chi connectivity index (χ4n) is 2.52. The number of nitrogens with one attached hydrogen (secondary N) is 1. The van der Waals surface area contributed by atoms with Crippen molar-refractivity contribution in [3.8, 4) is 0 Å². The van der Waals surface area contributed by atoms with E-state index in [4.69, 9.17) is 5.73 Å². The Morgan fingerprint density at radius 3 is 2.12 bits per heavy atom. The molecular formula is C18H18Br2N2O2. The number of aryl methyl sites for hydroxylation is 2. The average Bonchev–Trinajstić information content (AvgIpc) is 2.48. The van der Waals surface area contributed by atoms with Gasteiger partial charge < -0.3 is 11.1 Å². The molecule has 3 N–H and O–H groups in total. The molecule has 0 heterocycles. The van der Waals surface area contributed by atoms with Gasteiger partial charge in [-0.05, 0) is 48.7 Å². The predicted molar refractivity (Wildman–Crippen MR) is 102 cm³/mol. The fraction of sp³-hybridized carbons (Fsp3) is 0.222. The van der Waals surface area contributed by atoms with Crippen molar-refractivity contribution in [3.05, 3.63) is 67.6 Å². The molecule has 1 atom stereocenters. The van der Waals surface area contributed by atoms with Gasteiger partial charge in [-0.2, -0.15) is 0 Å². The first-order valence-electron chi connectivity index (χ1n) is 7.39. The fourth-order valence-corrected chi connectivity index (χ4v) is 3.82. The normalized spacial score (nSPS) is 11.8. The molecule has 6 heteroatoms. The zero-order chi connectivity index (χ0) is 17.9. The summed E-state index contributed by atoms with van der Waals surface area (Å²) in [5.74, 6) is -0.896. The van der Waals surface area contributed by atoms with Crippen molar-refractivity contribution in [1.29, 1.82) is 0 Å². The smallest absolute Gasteiger partial charge is 0.252 e. The Balaban J connectivity index is 2.22. The largest absolute Gasteiger partial charge is 0.368 e. The highest BCUT2D eigenvalue weighted by Gasteiger charge is 2.21. The van der Waals surface area contributed by atoms with E-state index < -0.39 is 11.9 Å². The molecule has 2 rings (SSSR count). The van der Waals surface area contributed by atoms with Gasteiger partial charge in [0.25, 0.3) is 5.91 Å². The summed E-state index contributed by atoms with van der Waals surface area (Å²) in [5.41, 5.74) is 9.11. The molecule has 24 heavy (non-hydrogen) atoms. The van der Waals surface area contributed by atoms with E-state index in [2.05, 4.69) is 37.2 Å². The van der Waals surface area contributed by atoms with E-state index in [0.29, 0.717) is 12.0 Å². The summed E-state index contributed by atoms with van der Waals surface area (Å²) >= 11 is 6.70. The highest BCUT2D eigenvalue weighted by molar-refractivity contribution is 9.11. The van der Waals surface area contributed by atoms with Crippen LogP contribution in [0, 0.1) is 13.8 Å². The number of benzene rings is 2. The van der Waals surface area contributed by atoms with Crippen LogP contribution in [0.4, 0.5) is 0 Å². The van der Waals surface area contributed by atoms with Crippen LogP contribution in [0.15, 0.2) is 45.3 Å². The number of halogens is 2. The summed E-state index contributed by atoms with van der Waals surface area (Å²) in [4.78, 5) is 24.3. The third-order valence-electron chi connectivity index (χ3n) is 3.83. The molecule has 0 bridgehead atoms. The number of hydrogen-bond donors (Lipinski definition) is 2. The maximum absolute atomic E-state index is 12.5. The van der Waals surface area contributed by atoms with Crippen LogP contribution in [0.25, 0.3) is 0 Å². The summed E-state index contributed by atoms with van der Waals surface area (Å²) in [7, 11) is 0.